The summed E-state index contributed by atoms with van der Waals surface area (Å²) in [5.74, 6) is 0. The third-order valence-corrected chi connectivity index (χ3v) is 6.94. The predicted molar refractivity (Wildman–Crippen MR) is 110 cm³/mol. The summed E-state index contributed by atoms with van der Waals surface area (Å²) in [7, 11) is 0. The van der Waals surface area contributed by atoms with E-state index in [-0.39, 0.29) is 0 Å². The second-order valence-corrected chi connectivity index (χ2v) is 9.41. The molecular formula is C19H14ClN3S3. The number of aromatic nitrogens is 3. The Bertz CT molecular complexity index is 981. The molecule has 0 saturated carbocycles. The molecule has 2 aromatic carbocycles. The van der Waals surface area contributed by atoms with Gasteiger partial charge in [-0.25, -0.2) is 4.98 Å². The van der Waals surface area contributed by atoms with Gasteiger partial charge in [-0.1, -0.05) is 65.4 Å². The Morgan fingerprint density at radius 1 is 0.885 bits per heavy atom. The third-order valence-electron chi connectivity index (χ3n) is 3.72. The first kappa shape index (κ1) is 17.7. The maximum Gasteiger partial charge on any atom is 0.181 e. The van der Waals surface area contributed by atoms with Gasteiger partial charge in [0.15, 0.2) is 8.68 Å². The van der Waals surface area contributed by atoms with Crippen LogP contribution in [0.4, 0.5) is 0 Å². The van der Waals surface area contributed by atoms with Gasteiger partial charge in [-0.2, -0.15) is 0 Å². The standard InChI is InChI=1S/C19H14ClN3S3/c20-15-9-7-14(8-10-15)16-12-24-18(21-16)26-19-23-22-17(25-19)11-6-13-4-2-1-3-5-13/h1-5,7-10,12H,6,11H2. The maximum absolute atomic E-state index is 5.94. The summed E-state index contributed by atoms with van der Waals surface area (Å²) in [6.07, 6.45) is 1.90. The van der Waals surface area contributed by atoms with Gasteiger partial charge >= 0.3 is 0 Å². The minimum absolute atomic E-state index is 0.732. The molecule has 4 rings (SSSR count). The minimum Gasteiger partial charge on any atom is -0.229 e. The molecule has 0 aliphatic heterocycles. The van der Waals surface area contributed by atoms with Gasteiger partial charge in [0.25, 0.3) is 0 Å². The fourth-order valence-electron chi connectivity index (χ4n) is 2.41. The van der Waals surface area contributed by atoms with Crippen LogP contribution >= 0.6 is 46.0 Å². The van der Waals surface area contributed by atoms with E-state index in [1.54, 1.807) is 34.4 Å². The van der Waals surface area contributed by atoms with Gasteiger partial charge in [0, 0.05) is 22.4 Å². The fourth-order valence-corrected chi connectivity index (χ4v) is 5.45. The quantitative estimate of drug-likeness (QED) is 0.373. The summed E-state index contributed by atoms with van der Waals surface area (Å²) in [4.78, 5) is 4.69. The highest BCUT2D eigenvalue weighted by Crippen LogP contribution is 2.35. The molecular weight excluding hydrogens is 402 g/mol. The number of halogens is 1. The van der Waals surface area contributed by atoms with E-state index in [1.807, 2.05) is 30.3 Å². The summed E-state index contributed by atoms with van der Waals surface area (Å²) < 4.78 is 1.91. The van der Waals surface area contributed by atoms with Crippen molar-refractivity contribution in [3.05, 3.63) is 75.6 Å². The van der Waals surface area contributed by atoms with E-state index in [9.17, 15) is 0 Å². The molecule has 7 heteroatoms. The van der Waals surface area contributed by atoms with Crippen molar-refractivity contribution in [3.8, 4) is 11.3 Å². The molecule has 0 atom stereocenters. The van der Waals surface area contributed by atoms with Crippen molar-refractivity contribution >= 4 is 46.0 Å². The van der Waals surface area contributed by atoms with Crippen molar-refractivity contribution < 1.29 is 0 Å². The maximum atomic E-state index is 5.94. The molecule has 4 aromatic rings. The Balaban J connectivity index is 1.39. The molecule has 0 spiro atoms. The number of rotatable bonds is 6. The summed E-state index contributed by atoms with van der Waals surface area (Å²) in [6, 6.07) is 18.2. The molecule has 0 unspecified atom stereocenters. The molecule has 2 heterocycles. The van der Waals surface area contributed by atoms with Crippen LogP contribution in [0, 0.1) is 0 Å². The normalized spacial score (nSPS) is 11.0. The lowest BCUT2D eigenvalue weighted by Crippen LogP contribution is -1.89. The summed E-state index contributed by atoms with van der Waals surface area (Å²) in [5, 5.41) is 12.5. The first-order valence-electron chi connectivity index (χ1n) is 8.02. The van der Waals surface area contributed by atoms with Crippen LogP contribution in [0.2, 0.25) is 5.02 Å². The molecule has 0 saturated heterocycles. The molecule has 3 nitrogen and oxygen atoms in total. The van der Waals surface area contributed by atoms with E-state index >= 15 is 0 Å². The van der Waals surface area contributed by atoms with Crippen molar-refractivity contribution in [1.29, 1.82) is 0 Å². The van der Waals surface area contributed by atoms with Gasteiger partial charge in [-0.15, -0.1) is 21.5 Å². The second-order valence-electron chi connectivity index (χ2n) is 5.55. The Morgan fingerprint density at radius 2 is 1.69 bits per heavy atom. The van der Waals surface area contributed by atoms with Gasteiger partial charge < -0.3 is 0 Å². The molecule has 0 amide bonds. The largest absolute Gasteiger partial charge is 0.229 e. The van der Waals surface area contributed by atoms with Crippen LogP contribution in [-0.2, 0) is 12.8 Å². The van der Waals surface area contributed by atoms with Gasteiger partial charge in [0.05, 0.1) is 5.69 Å². The molecule has 26 heavy (non-hydrogen) atoms. The van der Waals surface area contributed by atoms with Crippen LogP contribution in [0.15, 0.2) is 68.7 Å². The summed E-state index contributed by atoms with van der Waals surface area (Å²) >= 11 is 10.8. The van der Waals surface area contributed by atoms with Crippen molar-refractivity contribution in [1.82, 2.24) is 15.2 Å². The van der Waals surface area contributed by atoms with Gasteiger partial charge in [0.1, 0.15) is 5.01 Å². The molecule has 2 aromatic heterocycles. The fraction of sp³-hybridized carbons (Fsp3) is 0.105. The molecule has 0 N–H and O–H groups in total. The number of thiazole rings is 1. The lowest BCUT2D eigenvalue weighted by molar-refractivity contribution is 0.888. The molecule has 130 valence electrons. The average molecular weight is 416 g/mol. The first-order chi connectivity index (χ1) is 12.8. The highest BCUT2D eigenvalue weighted by molar-refractivity contribution is 8.02. The van der Waals surface area contributed by atoms with Crippen LogP contribution in [0.3, 0.4) is 0 Å². The van der Waals surface area contributed by atoms with Crippen LogP contribution < -0.4 is 0 Å². The average Bonchev–Trinajstić information content (AvgIpc) is 3.32. The molecule has 0 aliphatic rings. The first-order valence-corrected chi connectivity index (χ1v) is 10.9. The van der Waals surface area contributed by atoms with Crippen molar-refractivity contribution in [2.75, 3.05) is 0 Å². The van der Waals surface area contributed by atoms with E-state index in [0.717, 1.165) is 42.8 Å². The highest BCUT2D eigenvalue weighted by atomic mass is 35.5. The van der Waals surface area contributed by atoms with E-state index < -0.39 is 0 Å². The van der Waals surface area contributed by atoms with E-state index in [0.29, 0.717) is 0 Å². The van der Waals surface area contributed by atoms with Crippen molar-refractivity contribution in [2.45, 2.75) is 21.5 Å². The van der Waals surface area contributed by atoms with E-state index in [1.165, 1.54) is 5.56 Å². The number of nitrogens with zero attached hydrogens (tertiary/aromatic N) is 3. The summed E-state index contributed by atoms with van der Waals surface area (Å²) in [5.41, 5.74) is 3.35. The number of hydrogen-bond donors (Lipinski definition) is 0. The Kier molecular flexibility index (Phi) is 5.65. The highest BCUT2D eigenvalue weighted by Gasteiger charge is 2.10. The van der Waals surface area contributed by atoms with Gasteiger partial charge in [-0.3, -0.25) is 0 Å². The Labute approximate surface area is 169 Å². The summed E-state index contributed by atoms with van der Waals surface area (Å²) in [6.45, 7) is 0. The van der Waals surface area contributed by atoms with Gasteiger partial charge in [0.2, 0.25) is 0 Å². The topological polar surface area (TPSA) is 38.7 Å². The monoisotopic (exact) mass is 415 g/mol. The van der Waals surface area contributed by atoms with Gasteiger partial charge in [-0.05, 0) is 35.9 Å². The zero-order chi connectivity index (χ0) is 17.8. The SMILES string of the molecule is Clc1ccc(-c2csc(Sc3nnc(CCc4ccccc4)s3)n2)cc1. The molecule has 0 fully saturated rings. The third kappa shape index (κ3) is 4.51. The lowest BCUT2D eigenvalue weighted by Gasteiger charge is -1.97. The smallest absolute Gasteiger partial charge is 0.181 e. The number of benzene rings is 2. The van der Waals surface area contributed by atoms with Crippen LogP contribution in [0.1, 0.15) is 10.6 Å². The van der Waals surface area contributed by atoms with E-state index in [2.05, 4.69) is 44.8 Å². The predicted octanol–water partition coefficient (Wildman–Crippen LogP) is 6.25. The number of hydrogen-bond acceptors (Lipinski definition) is 6. The Hall–Kier alpha value is -1.73. The van der Waals surface area contributed by atoms with E-state index in [4.69, 9.17) is 11.6 Å². The van der Waals surface area contributed by atoms with Crippen LogP contribution in [0.5, 0.6) is 0 Å². The van der Waals surface area contributed by atoms with Crippen molar-refractivity contribution in [3.63, 3.8) is 0 Å². The zero-order valence-corrected chi connectivity index (χ0v) is 16.8. The number of aryl methyl sites for hydroxylation is 2. The second kappa shape index (κ2) is 8.31. The van der Waals surface area contributed by atoms with Crippen LogP contribution in [0.25, 0.3) is 11.3 Å². The van der Waals surface area contributed by atoms with Crippen LogP contribution in [-0.4, -0.2) is 15.2 Å². The minimum atomic E-state index is 0.732. The van der Waals surface area contributed by atoms with Crippen molar-refractivity contribution in [2.24, 2.45) is 0 Å². The lowest BCUT2D eigenvalue weighted by atomic mass is 10.1. The zero-order valence-electron chi connectivity index (χ0n) is 13.6. The Morgan fingerprint density at radius 3 is 2.50 bits per heavy atom. The molecule has 0 radical (unpaired) electrons. The molecule has 0 bridgehead atoms. The molecule has 0 aliphatic carbocycles.